The maximum Gasteiger partial charge on any atom is 0.266 e. The number of nitrogens with zero attached hydrogens (tertiary/aromatic N) is 3. The Morgan fingerprint density at radius 2 is 0.702 bits per heavy atom. The van der Waals surface area contributed by atoms with Crippen LogP contribution in [0, 0.1) is 20.8 Å². The number of unbranched alkanes of at least 4 members (excludes halogenated alkanes) is 12. The molecule has 0 radical (unpaired) electrons. The normalized spacial score (nSPS) is 14.9. The predicted octanol–water partition coefficient (Wildman–Crippen LogP) is 30.3. The zero-order chi connectivity index (χ0) is 83.4. The zero-order valence-corrected chi connectivity index (χ0v) is 74.2. The van der Waals surface area contributed by atoms with E-state index in [1.54, 1.807) is 66.1 Å². The van der Waals surface area contributed by atoms with Crippen LogP contribution in [-0.4, -0.2) is 47.4 Å². The van der Waals surface area contributed by atoms with Gasteiger partial charge in [0, 0.05) is 100 Å². The Kier molecular flexibility index (Phi) is 21.3. The number of benzene rings is 9. The van der Waals surface area contributed by atoms with E-state index in [0.29, 0.717) is 99.7 Å². The minimum absolute atomic E-state index is 0.109. The zero-order valence-electron chi connectivity index (χ0n) is 70.1. The van der Waals surface area contributed by atoms with Crippen molar-refractivity contribution in [3.63, 3.8) is 0 Å². The van der Waals surface area contributed by atoms with Gasteiger partial charge >= 0.3 is 0 Å². The van der Waals surface area contributed by atoms with Crippen LogP contribution in [0.1, 0.15) is 279 Å². The molecule has 11 nitrogen and oxygen atoms in total. The lowest BCUT2D eigenvalue weighted by molar-refractivity contribution is 0.0691. The molecule has 0 fully saturated rings. The molecular formula is C105H97N3O8S5. The summed E-state index contributed by atoms with van der Waals surface area (Å²) < 4.78 is 14.0. The number of anilines is 2. The lowest BCUT2D eigenvalue weighted by Crippen LogP contribution is -2.40. The molecule has 0 spiro atoms. The van der Waals surface area contributed by atoms with E-state index in [2.05, 4.69) is 83.2 Å². The number of allylic oxidation sites excluding steroid dienone is 1. The molecule has 3 aliphatic heterocycles. The molecule has 8 heterocycles. The molecule has 6 amide bonds. The van der Waals surface area contributed by atoms with Crippen molar-refractivity contribution in [1.82, 2.24) is 4.90 Å². The van der Waals surface area contributed by atoms with Crippen molar-refractivity contribution in [3.05, 3.63) is 251 Å². The summed E-state index contributed by atoms with van der Waals surface area (Å²) in [5.41, 5.74) is 12.4. The van der Waals surface area contributed by atoms with Crippen LogP contribution in [0.5, 0.6) is 23.0 Å². The number of hydrogen-bond acceptors (Lipinski definition) is 13. The molecule has 19 rings (SSSR count). The summed E-state index contributed by atoms with van der Waals surface area (Å²) in [6, 6.07) is 51.1. The molecule has 0 saturated carbocycles. The second-order valence-corrected chi connectivity index (χ2v) is 39.3. The average Bonchev–Trinajstić information content (AvgIpc) is 1.62. The summed E-state index contributed by atoms with van der Waals surface area (Å²) in [5.74, 6) is -0.628. The first-order valence-electron chi connectivity index (χ1n) is 43.5. The van der Waals surface area contributed by atoms with Crippen LogP contribution in [0.25, 0.3) is 100 Å². The molecule has 5 aliphatic rings. The number of carbonyl (C=O) groups is 6. The van der Waals surface area contributed by atoms with Crippen molar-refractivity contribution in [3.8, 4) is 62.0 Å². The van der Waals surface area contributed by atoms with E-state index in [-0.39, 0.29) is 33.8 Å². The fraction of sp³-hybridized carbons (Fsp3) is 0.295. The first-order valence-corrected chi connectivity index (χ1v) is 47.6. The number of hydrogen-bond donors (Lipinski definition) is 0. The molecule has 5 aromatic heterocycles. The van der Waals surface area contributed by atoms with Gasteiger partial charge in [-0.3, -0.25) is 33.7 Å². The summed E-state index contributed by atoms with van der Waals surface area (Å²) in [7, 11) is 1.66. The Morgan fingerprint density at radius 1 is 0.339 bits per heavy atom. The third-order valence-corrected chi connectivity index (χ3v) is 32.5. The second kappa shape index (κ2) is 32.3. The SMILES string of the molecule is C/C=C/c1cc2c(s1)-c1sc(-c3sc(-c4cc5c(s4)-c4sc(/C=C/c6ccc(N7C(=O)c8ccc9c%10c(Oc%11ccc(C)cc%11)cc%11c%12c(ccc(c%13c(Oc%14ccc(C)cc%14)cc(c8c9%13)C7=O)c%12%10)C(=O)N(c7ccc(C)cc7)C%11=O)cc6)cc4C5(CCCCCC)CCCCCC)c4c3C(=O)N(C)C4=O)cc1C2(CCCCCC)CCCCCC. The van der Waals surface area contributed by atoms with E-state index in [9.17, 15) is 14.4 Å². The van der Waals surface area contributed by atoms with Crippen LogP contribution in [-0.2, 0) is 10.8 Å². The second-order valence-electron chi connectivity index (χ2n) is 34.0. The largest absolute Gasteiger partial charge is 0.457 e. The molecule has 610 valence electrons. The minimum Gasteiger partial charge on any atom is -0.457 e. The van der Waals surface area contributed by atoms with Crippen molar-refractivity contribution in [2.75, 3.05) is 16.8 Å². The van der Waals surface area contributed by atoms with Crippen LogP contribution in [0.2, 0.25) is 0 Å². The summed E-state index contributed by atoms with van der Waals surface area (Å²) in [4.78, 5) is 107. The van der Waals surface area contributed by atoms with Crippen molar-refractivity contribution in [1.29, 1.82) is 0 Å². The van der Waals surface area contributed by atoms with Gasteiger partial charge in [-0.1, -0.05) is 220 Å². The summed E-state index contributed by atoms with van der Waals surface area (Å²) in [5, 5.41) is 4.67. The topological polar surface area (TPSA) is 131 Å². The highest BCUT2D eigenvalue weighted by Gasteiger charge is 2.50. The summed E-state index contributed by atoms with van der Waals surface area (Å²) in [6.07, 6.45) is 31.6. The standard InChI is InChI=1S/C105H97N3O8S5/c1-10-15-19-23-50-104(51-24-20-16-11-2)76-54-68(27-14-5)117-92(76)94-78(104)58-82(119-94)96-90-91(103(114)106(9)102(90)113)97(121-96)83-59-79-95(120-83)93-77(105(79,52-25-21-17-12-3)53-26-22-18-13-4)55-69(118-93)45-36-63-34-39-65(40-35-63)108-99(110)73-49-47-71-86-80(115-66-41-30-61(7)31-42-66)56-74-84-72(98(109)107(100(74)111)64-37-28-60(6)29-38-64)48-46-70(88(84)86)87-81(116-67-43-32-62(8)33-44-67)57-75(101(108)112)85(73)89(71)87/h14,27-49,54-59H,10-13,15-26,50-53H2,1-9H3/b27-14+,45-36+. The minimum atomic E-state index is -0.518. The highest BCUT2D eigenvalue weighted by molar-refractivity contribution is 7.30. The lowest BCUT2D eigenvalue weighted by atomic mass is 9.71. The van der Waals surface area contributed by atoms with Crippen LogP contribution in [0.4, 0.5) is 11.4 Å². The Hall–Kier alpha value is -10.7. The van der Waals surface area contributed by atoms with Gasteiger partial charge in [-0.05, 0) is 201 Å². The van der Waals surface area contributed by atoms with Gasteiger partial charge in [0.1, 0.15) is 23.0 Å². The van der Waals surface area contributed by atoms with E-state index in [4.69, 9.17) is 9.47 Å². The average molecular weight is 1690 g/mol. The maximum atomic E-state index is 15.9. The van der Waals surface area contributed by atoms with Crippen LogP contribution in [0.15, 0.2) is 164 Å². The van der Waals surface area contributed by atoms with Crippen LogP contribution < -0.4 is 19.3 Å². The van der Waals surface area contributed by atoms with Gasteiger partial charge in [-0.2, -0.15) is 0 Å². The number of aryl methyl sites for hydroxylation is 3. The van der Waals surface area contributed by atoms with Gasteiger partial charge in [0.25, 0.3) is 35.4 Å². The fourth-order valence-corrected chi connectivity index (χ4v) is 26.7. The van der Waals surface area contributed by atoms with Gasteiger partial charge in [-0.15, -0.1) is 56.7 Å². The first-order chi connectivity index (χ1) is 58.9. The third-order valence-electron chi connectivity index (χ3n) is 26.1. The number of carbonyl (C=O) groups excluding carboxylic acids is 6. The highest BCUT2D eigenvalue weighted by Crippen LogP contribution is 2.65. The molecular weight excluding hydrogens is 1590 g/mol. The van der Waals surface area contributed by atoms with Crippen LogP contribution in [0.3, 0.4) is 0 Å². The maximum absolute atomic E-state index is 15.9. The lowest BCUT2D eigenvalue weighted by Gasteiger charge is -2.31. The van der Waals surface area contributed by atoms with E-state index in [1.165, 1.54) is 126 Å². The fourth-order valence-electron chi connectivity index (χ4n) is 20.0. The molecule has 0 saturated heterocycles. The number of ether oxygens (including phenoxy) is 2. The number of imide groups is 3. The molecule has 9 aromatic carbocycles. The van der Waals surface area contributed by atoms with Gasteiger partial charge < -0.3 is 9.47 Å². The summed E-state index contributed by atoms with van der Waals surface area (Å²) in [6.45, 7) is 17.2. The molecule has 0 atom stereocenters. The molecule has 14 aromatic rings. The Balaban J connectivity index is 0.685. The number of fused-ring (bicyclic) bond motifs is 9. The van der Waals surface area contributed by atoms with Crippen molar-refractivity contribution in [2.45, 2.75) is 195 Å². The van der Waals surface area contributed by atoms with Gasteiger partial charge in [0.05, 0.1) is 43.4 Å². The number of rotatable bonds is 31. The van der Waals surface area contributed by atoms with Crippen molar-refractivity contribution in [2.24, 2.45) is 0 Å². The van der Waals surface area contributed by atoms with Crippen molar-refractivity contribution < 1.29 is 38.2 Å². The highest BCUT2D eigenvalue weighted by atomic mass is 32.1. The molecule has 16 heteroatoms. The van der Waals surface area contributed by atoms with Gasteiger partial charge in [-0.25, -0.2) is 9.80 Å². The monoisotopic (exact) mass is 1690 g/mol. The van der Waals surface area contributed by atoms with Gasteiger partial charge in [0.2, 0.25) is 0 Å². The predicted molar refractivity (Wildman–Crippen MR) is 504 cm³/mol. The molecule has 0 bridgehead atoms. The molecule has 0 unspecified atom stereocenters. The molecule has 121 heavy (non-hydrogen) atoms. The van der Waals surface area contributed by atoms with E-state index in [1.807, 2.05) is 152 Å². The summed E-state index contributed by atoms with van der Waals surface area (Å²) >= 11 is 9.02. The van der Waals surface area contributed by atoms with Crippen molar-refractivity contribution >= 4 is 165 Å². The van der Waals surface area contributed by atoms with E-state index >= 15 is 14.4 Å². The number of amides is 6. The first kappa shape index (κ1) is 80.0. The molecule has 0 N–H and O–H groups in total. The van der Waals surface area contributed by atoms with E-state index < -0.39 is 23.6 Å². The van der Waals surface area contributed by atoms with Crippen LogP contribution >= 0.6 is 56.7 Å². The Labute approximate surface area is 727 Å². The third kappa shape index (κ3) is 13.3. The quantitative estimate of drug-likeness (QED) is 0.0182. The number of thiophene rings is 5. The van der Waals surface area contributed by atoms with Gasteiger partial charge in [0.15, 0.2) is 0 Å². The Bertz CT molecular complexity index is 6590. The van der Waals surface area contributed by atoms with E-state index in [0.717, 1.165) is 111 Å². The molecule has 2 aliphatic carbocycles. The smallest absolute Gasteiger partial charge is 0.266 e. The Morgan fingerprint density at radius 3 is 1.10 bits per heavy atom.